The second-order valence-corrected chi connectivity index (χ2v) is 0. The van der Waals surface area contributed by atoms with Gasteiger partial charge in [-0.05, 0) is 0 Å². The maximum Gasteiger partial charge on any atom is 0.316 e. The molecule has 0 rings (SSSR count). The second kappa shape index (κ2) is 16.0. The Kier molecular flexibility index (Phi) is 102. The van der Waals surface area contributed by atoms with Gasteiger partial charge in [0.15, 0.2) is 0 Å². The first-order valence-electron chi connectivity index (χ1n) is 0. The molecule has 0 aliphatic carbocycles. The number of hydrogen-bond donors (Lipinski definition) is 1. The van der Waals surface area contributed by atoms with Gasteiger partial charge in [-0.25, -0.2) is 0 Å². The zero-order chi connectivity index (χ0) is 0. The van der Waals surface area contributed by atoms with Gasteiger partial charge in [0.2, 0.25) is 0 Å². The van der Waals surface area contributed by atoms with Crippen molar-refractivity contribution in [2.75, 3.05) is 0 Å². The maximum absolute atomic E-state index is 0. The van der Waals surface area contributed by atoms with E-state index < -0.39 is 0 Å². The van der Waals surface area contributed by atoms with E-state index in [4.69, 9.17) is 0 Å². The Balaban J connectivity index is 0. The van der Waals surface area contributed by atoms with E-state index in [0.717, 1.165) is 0 Å². The third-order valence-electron chi connectivity index (χ3n) is 0. The number of hydrogen-bond acceptors (Lipinski definition) is 1. The van der Waals surface area contributed by atoms with Gasteiger partial charge in [-0.3, -0.25) is 0 Å². The molecule has 0 radical (unpaired) electrons. The van der Waals surface area contributed by atoms with Crippen LogP contribution in [0.15, 0.2) is 0 Å². The van der Waals surface area contributed by atoms with Crippen molar-refractivity contribution in [1.29, 1.82) is 0 Å². The molecule has 0 saturated heterocycles. The van der Waals surface area contributed by atoms with Gasteiger partial charge in [-0.2, -0.15) is 0 Å². The summed E-state index contributed by atoms with van der Waals surface area (Å²) >= 11 is 0. The fourth-order valence-electron chi connectivity index (χ4n) is 0. The molecule has 18 valence electrons. The molecule has 0 aliphatic heterocycles. The first-order chi connectivity index (χ1) is 0. The summed E-state index contributed by atoms with van der Waals surface area (Å²) in [6, 6.07) is 0. The van der Waals surface area contributed by atoms with Crippen LogP contribution in [0.4, 0.5) is 0 Å². The molecule has 0 bridgehead atoms. The zero-order valence-electron chi connectivity index (χ0n) is 0.707. The SMILES string of the molecule is N.[CaH2].[KH].[MgH2]. The molecule has 4 heavy (non-hydrogen) atoms. The average molecular weight is 126 g/mol. The van der Waals surface area contributed by atoms with E-state index in [-0.39, 0.29) is 118 Å². The van der Waals surface area contributed by atoms with Crippen molar-refractivity contribution in [2.24, 2.45) is 0 Å². The minimum absolute atomic E-state index is 0. The second-order valence-electron chi connectivity index (χ2n) is 0. The summed E-state index contributed by atoms with van der Waals surface area (Å²) in [5.74, 6) is 0. The average Bonchev–Trinajstić information content (AvgIpc) is 0. The van der Waals surface area contributed by atoms with Crippen LogP contribution in [0, 0.1) is 0 Å². The monoisotopic (exact) mass is 125 g/mol. The molecule has 1 nitrogen and oxygen atoms in total. The van der Waals surface area contributed by atoms with Gasteiger partial charge in [0, 0.05) is 0 Å². The molecule has 0 amide bonds. The quantitative estimate of drug-likeness (QED) is 0.363. The fourth-order valence-corrected chi connectivity index (χ4v) is 0. The van der Waals surface area contributed by atoms with Crippen molar-refractivity contribution in [3.8, 4) is 0 Å². The summed E-state index contributed by atoms with van der Waals surface area (Å²) in [6.07, 6.45) is 0. The van der Waals surface area contributed by atoms with Crippen LogP contribution in [0.1, 0.15) is 0 Å². The Morgan fingerprint density at radius 2 is 1.00 bits per heavy atom. The fraction of sp³-hybridized carbons (Fsp3) is 0. The van der Waals surface area contributed by atoms with Crippen molar-refractivity contribution in [1.82, 2.24) is 6.15 Å². The van der Waals surface area contributed by atoms with Gasteiger partial charge in [0.1, 0.15) is 0 Å². The molecule has 0 spiro atoms. The molecule has 0 heterocycles. The van der Waals surface area contributed by atoms with Gasteiger partial charge in [-0.1, -0.05) is 0 Å². The minimum Gasteiger partial charge on any atom is 0.316 e. The summed E-state index contributed by atoms with van der Waals surface area (Å²) in [6.45, 7) is 0. The summed E-state index contributed by atoms with van der Waals surface area (Å²) in [5.41, 5.74) is 0. The zero-order valence-corrected chi connectivity index (χ0v) is 0.707. The first-order valence-corrected chi connectivity index (χ1v) is 0. The maximum atomic E-state index is 0. The molecule has 0 aromatic carbocycles. The molecule has 0 aromatic heterocycles. The largest absolute Gasteiger partial charge is 0.316 e. The van der Waals surface area contributed by atoms with E-state index in [0.29, 0.717) is 0 Å². The van der Waals surface area contributed by atoms with Crippen LogP contribution in [0.2, 0.25) is 0 Å². The van der Waals surface area contributed by atoms with E-state index in [1.54, 1.807) is 0 Å². The predicted molar refractivity (Wildman–Crippen MR) is 29.3 cm³/mol. The Morgan fingerprint density at radius 1 is 1.00 bits per heavy atom. The van der Waals surface area contributed by atoms with E-state index in [2.05, 4.69) is 0 Å². The topological polar surface area (TPSA) is 35.0 Å². The van der Waals surface area contributed by atoms with Crippen molar-refractivity contribution in [3.63, 3.8) is 0 Å². The third-order valence-corrected chi connectivity index (χ3v) is 0. The van der Waals surface area contributed by atoms with Crippen LogP contribution in [0.3, 0.4) is 0 Å². The van der Waals surface area contributed by atoms with Gasteiger partial charge < -0.3 is 6.15 Å². The molecule has 0 unspecified atom stereocenters. The molecule has 0 atom stereocenters. The van der Waals surface area contributed by atoms with Crippen molar-refractivity contribution in [2.45, 2.75) is 0 Å². The van der Waals surface area contributed by atoms with Gasteiger partial charge >= 0.3 is 112 Å². The van der Waals surface area contributed by atoms with Crippen molar-refractivity contribution >= 4 is 112 Å². The molecule has 0 saturated carbocycles. The minimum atomic E-state index is 0. The standard InChI is InChI=1S/Ca.K.Mg.H3N.5H/h;;;1H3;;;;;. The van der Waals surface area contributed by atoms with Crippen LogP contribution in [0.25, 0.3) is 0 Å². The van der Waals surface area contributed by atoms with Crippen LogP contribution in [0.5, 0.6) is 0 Å². The summed E-state index contributed by atoms with van der Waals surface area (Å²) in [7, 11) is 0. The van der Waals surface area contributed by atoms with Crippen LogP contribution >= 0.6 is 0 Å². The van der Waals surface area contributed by atoms with Crippen molar-refractivity contribution in [3.05, 3.63) is 0 Å². The van der Waals surface area contributed by atoms with Crippen LogP contribution < -0.4 is 6.15 Å². The summed E-state index contributed by atoms with van der Waals surface area (Å²) in [5, 5.41) is 0. The Bertz CT molecular complexity index is 8.00. The number of rotatable bonds is 0. The van der Waals surface area contributed by atoms with E-state index in [1.807, 2.05) is 0 Å². The summed E-state index contributed by atoms with van der Waals surface area (Å²) < 4.78 is 0. The predicted octanol–water partition coefficient (Wildman–Crippen LogP) is -2.32. The smallest absolute Gasteiger partial charge is 0.316 e. The molecular formula is H8CaKMgN. The summed E-state index contributed by atoms with van der Waals surface area (Å²) in [4.78, 5) is 0. The van der Waals surface area contributed by atoms with Crippen LogP contribution in [-0.4, -0.2) is 112 Å². The van der Waals surface area contributed by atoms with E-state index in [9.17, 15) is 0 Å². The van der Waals surface area contributed by atoms with E-state index >= 15 is 0 Å². The van der Waals surface area contributed by atoms with Gasteiger partial charge in [0.05, 0.1) is 0 Å². The molecule has 0 aliphatic rings. The van der Waals surface area contributed by atoms with Crippen LogP contribution in [-0.2, 0) is 0 Å². The Hall–Kier alpha value is 3.62. The van der Waals surface area contributed by atoms with Gasteiger partial charge in [0.25, 0.3) is 0 Å². The molecule has 3 N–H and O–H groups in total. The van der Waals surface area contributed by atoms with Gasteiger partial charge in [-0.15, -0.1) is 0 Å². The third kappa shape index (κ3) is 9.16. The Morgan fingerprint density at radius 3 is 1.00 bits per heavy atom. The van der Waals surface area contributed by atoms with E-state index in [1.165, 1.54) is 0 Å². The first kappa shape index (κ1) is 25.5. The van der Waals surface area contributed by atoms with Crippen molar-refractivity contribution < 1.29 is 0 Å². The molecule has 4 heteroatoms. The normalized spacial score (nSPS) is 0. The Labute approximate surface area is 115 Å². The molecular weight excluding hydrogens is 117 g/mol. The molecule has 0 fully saturated rings. The molecule has 0 aromatic rings.